The van der Waals surface area contributed by atoms with Crippen molar-refractivity contribution in [3.63, 3.8) is 0 Å². The summed E-state index contributed by atoms with van der Waals surface area (Å²) in [5, 5.41) is 1.67. The lowest BCUT2D eigenvalue weighted by atomic mass is 9.84. The number of nitrogens with zero attached hydrogens (tertiary/aromatic N) is 1. The second-order valence-corrected chi connectivity index (χ2v) is 6.23. The van der Waals surface area contributed by atoms with Crippen molar-refractivity contribution in [2.75, 3.05) is 26.4 Å². The first-order chi connectivity index (χ1) is 12.7. The van der Waals surface area contributed by atoms with E-state index in [1.807, 2.05) is 0 Å². The fourth-order valence-corrected chi connectivity index (χ4v) is 2.42. The normalized spacial score (nSPS) is 18.1. The fraction of sp³-hybridized carbons (Fsp3) is 0.588. The van der Waals surface area contributed by atoms with Crippen molar-refractivity contribution in [1.29, 1.82) is 0 Å². The average molecular weight is 390 g/mol. The highest BCUT2D eigenvalue weighted by Crippen LogP contribution is 2.38. The molecule has 0 radical (unpaired) electrons. The molecule has 1 saturated heterocycles. The van der Waals surface area contributed by atoms with Gasteiger partial charge in [0.15, 0.2) is 0 Å². The number of nitrogens with one attached hydrogen (secondary N) is 1. The Kier molecular flexibility index (Phi) is 6.42. The van der Waals surface area contributed by atoms with Gasteiger partial charge in [0.05, 0.1) is 32.0 Å². The standard InChI is InChI=1S/C17H21F3N2O5/c1-3-15(9-25-10-15)11-27-16(17(18,19)20,14(24)26-4-2)22-13(23)12-6-5-7-21-8-12/h5-8H,3-4,9-11H2,1-2H3,(H,22,23)/t16-/m0/s1. The monoisotopic (exact) mass is 390 g/mol. The zero-order valence-corrected chi connectivity index (χ0v) is 15.0. The maximum Gasteiger partial charge on any atom is 0.448 e. The van der Waals surface area contributed by atoms with Gasteiger partial charge < -0.3 is 19.5 Å². The number of carbonyl (C=O) groups excluding carboxylic acids is 2. The minimum Gasteiger partial charge on any atom is -0.462 e. The van der Waals surface area contributed by atoms with E-state index in [9.17, 15) is 22.8 Å². The second-order valence-electron chi connectivity index (χ2n) is 6.23. The summed E-state index contributed by atoms with van der Waals surface area (Å²) < 4.78 is 56.5. The highest BCUT2D eigenvalue weighted by Gasteiger charge is 2.65. The summed E-state index contributed by atoms with van der Waals surface area (Å²) in [6, 6.07) is 2.65. The van der Waals surface area contributed by atoms with Gasteiger partial charge in [0, 0.05) is 17.8 Å². The Morgan fingerprint density at radius 2 is 2.04 bits per heavy atom. The molecule has 1 amide bonds. The Hall–Kier alpha value is -2.20. The van der Waals surface area contributed by atoms with E-state index in [1.165, 1.54) is 25.3 Å². The molecule has 2 rings (SSSR count). The first-order valence-corrected chi connectivity index (χ1v) is 8.38. The fourth-order valence-electron chi connectivity index (χ4n) is 2.42. The molecule has 2 heterocycles. The van der Waals surface area contributed by atoms with Crippen molar-refractivity contribution in [1.82, 2.24) is 10.3 Å². The number of amides is 1. The largest absolute Gasteiger partial charge is 0.462 e. The Morgan fingerprint density at radius 1 is 1.33 bits per heavy atom. The van der Waals surface area contributed by atoms with Gasteiger partial charge >= 0.3 is 17.9 Å². The van der Waals surface area contributed by atoms with E-state index in [-0.39, 0.29) is 25.4 Å². The third kappa shape index (κ3) is 4.38. The maximum atomic E-state index is 13.9. The van der Waals surface area contributed by atoms with Crippen LogP contribution in [0.15, 0.2) is 24.5 Å². The summed E-state index contributed by atoms with van der Waals surface area (Å²) in [4.78, 5) is 28.3. The molecule has 27 heavy (non-hydrogen) atoms. The number of pyridine rings is 1. The predicted molar refractivity (Wildman–Crippen MR) is 86.6 cm³/mol. The number of hydrogen-bond donors (Lipinski definition) is 1. The summed E-state index contributed by atoms with van der Waals surface area (Å²) in [5.41, 5.74) is -4.44. The van der Waals surface area contributed by atoms with Gasteiger partial charge in [-0.1, -0.05) is 6.92 Å². The smallest absolute Gasteiger partial charge is 0.448 e. The van der Waals surface area contributed by atoms with E-state index in [0.29, 0.717) is 6.42 Å². The summed E-state index contributed by atoms with van der Waals surface area (Å²) in [6.07, 6.45) is -2.33. The molecule has 0 aromatic carbocycles. The van der Waals surface area contributed by atoms with Gasteiger partial charge in [0.25, 0.3) is 5.91 Å². The summed E-state index contributed by atoms with van der Waals surface area (Å²) in [7, 11) is 0. The van der Waals surface area contributed by atoms with Gasteiger partial charge in [-0.2, -0.15) is 13.2 Å². The van der Waals surface area contributed by atoms with Crippen LogP contribution in [0, 0.1) is 5.41 Å². The average Bonchev–Trinajstić information content (AvgIpc) is 2.59. The van der Waals surface area contributed by atoms with Crippen LogP contribution in [0.2, 0.25) is 0 Å². The summed E-state index contributed by atoms with van der Waals surface area (Å²) >= 11 is 0. The van der Waals surface area contributed by atoms with Gasteiger partial charge in [0.1, 0.15) is 0 Å². The summed E-state index contributed by atoms with van der Waals surface area (Å²) in [5.74, 6) is -2.90. The second kappa shape index (κ2) is 8.22. The van der Waals surface area contributed by atoms with Crippen LogP contribution in [0.3, 0.4) is 0 Å². The molecule has 1 atom stereocenters. The summed E-state index contributed by atoms with van der Waals surface area (Å²) in [6.45, 7) is 2.79. The highest BCUT2D eigenvalue weighted by atomic mass is 19.4. The molecule has 0 bridgehead atoms. The number of alkyl halides is 3. The third-order valence-electron chi connectivity index (χ3n) is 4.34. The van der Waals surface area contributed by atoms with Gasteiger partial charge in [-0.05, 0) is 25.5 Å². The van der Waals surface area contributed by atoms with Crippen molar-refractivity contribution < 1.29 is 37.0 Å². The third-order valence-corrected chi connectivity index (χ3v) is 4.34. The first-order valence-electron chi connectivity index (χ1n) is 8.38. The Labute approximate surface area is 154 Å². The van der Waals surface area contributed by atoms with E-state index in [4.69, 9.17) is 9.47 Å². The lowest BCUT2D eigenvalue weighted by Gasteiger charge is -2.43. The zero-order valence-electron chi connectivity index (χ0n) is 15.0. The van der Waals surface area contributed by atoms with Crippen LogP contribution < -0.4 is 5.32 Å². The number of ether oxygens (including phenoxy) is 3. The van der Waals surface area contributed by atoms with Crippen molar-refractivity contribution in [2.45, 2.75) is 32.2 Å². The van der Waals surface area contributed by atoms with Crippen molar-refractivity contribution in [3.05, 3.63) is 30.1 Å². The Morgan fingerprint density at radius 3 is 2.48 bits per heavy atom. The quantitative estimate of drug-likeness (QED) is 0.540. The lowest BCUT2D eigenvalue weighted by molar-refractivity contribution is -0.298. The topological polar surface area (TPSA) is 86.8 Å². The predicted octanol–water partition coefficient (Wildman–Crippen LogP) is 2.08. The number of rotatable bonds is 8. The molecule has 0 spiro atoms. The van der Waals surface area contributed by atoms with Gasteiger partial charge in [-0.15, -0.1) is 0 Å². The van der Waals surface area contributed by atoms with Gasteiger partial charge in [-0.25, -0.2) is 4.79 Å². The Bertz CT molecular complexity index is 659. The first kappa shape index (κ1) is 21.1. The van der Waals surface area contributed by atoms with E-state index < -0.39 is 35.8 Å². The molecular formula is C17H21F3N2O5. The lowest BCUT2D eigenvalue weighted by Crippen LogP contribution is -2.67. The molecule has 10 heteroatoms. The molecule has 1 aliphatic heterocycles. The molecule has 0 saturated carbocycles. The van der Waals surface area contributed by atoms with E-state index in [0.717, 1.165) is 6.20 Å². The number of halogens is 3. The minimum atomic E-state index is -5.25. The molecule has 7 nitrogen and oxygen atoms in total. The molecule has 0 aliphatic carbocycles. The van der Waals surface area contributed by atoms with Crippen molar-refractivity contribution in [2.24, 2.45) is 5.41 Å². The highest BCUT2D eigenvalue weighted by molar-refractivity contribution is 5.97. The van der Waals surface area contributed by atoms with Crippen molar-refractivity contribution >= 4 is 11.9 Å². The van der Waals surface area contributed by atoms with Crippen molar-refractivity contribution in [3.8, 4) is 0 Å². The zero-order chi connectivity index (χ0) is 20.1. The Balaban J connectivity index is 2.35. The number of hydrogen-bond acceptors (Lipinski definition) is 6. The van der Waals surface area contributed by atoms with Gasteiger partial charge in [0.2, 0.25) is 0 Å². The molecule has 0 unspecified atom stereocenters. The molecule has 150 valence electrons. The van der Waals surface area contributed by atoms with Crippen LogP contribution in [-0.4, -0.2) is 55.2 Å². The SMILES string of the molecule is CCOC(=O)[C@](NC(=O)c1cccnc1)(OCC1(CC)COC1)C(F)(F)F. The van der Waals surface area contributed by atoms with Gasteiger partial charge in [-0.3, -0.25) is 9.78 Å². The molecular weight excluding hydrogens is 369 g/mol. The van der Waals surface area contributed by atoms with Crippen LogP contribution in [0.4, 0.5) is 13.2 Å². The molecule has 1 aromatic rings. The van der Waals surface area contributed by atoms with Crippen LogP contribution >= 0.6 is 0 Å². The minimum absolute atomic E-state index is 0.156. The van der Waals surface area contributed by atoms with Crippen LogP contribution in [-0.2, 0) is 19.0 Å². The molecule has 1 aliphatic rings. The molecule has 1 N–H and O–H groups in total. The van der Waals surface area contributed by atoms with E-state index >= 15 is 0 Å². The molecule has 1 aromatic heterocycles. The van der Waals surface area contributed by atoms with E-state index in [1.54, 1.807) is 12.2 Å². The molecule has 1 fully saturated rings. The van der Waals surface area contributed by atoms with Crippen LogP contribution in [0.1, 0.15) is 30.6 Å². The number of carbonyl (C=O) groups is 2. The maximum absolute atomic E-state index is 13.9. The number of esters is 1. The van der Waals surface area contributed by atoms with E-state index in [2.05, 4.69) is 9.72 Å². The van der Waals surface area contributed by atoms with Crippen LogP contribution in [0.5, 0.6) is 0 Å². The van der Waals surface area contributed by atoms with Crippen LogP contribution in [0.25, 0.3) is 0 Å². The number of aromatic nitrogens is 1.